The fraction of sp³-hybridized carbons (Fsp3) is 0.440. The molecule has 0 aromatic heterocycles. The van der Waals surface area contributed by atoms with Gasteiger partial charge in [-0.25, -0.2) is 4.79 Å². The van der Waals surface area contributed by atoms with Crippen LogP contribution < -0.4 is 4.90 Å². The maximum atomic E-state index is 13.7. The predicted octanol–water partition coefficient (Wildman–Crippen LogP) is 4.51. The molecule has 0 bridgehead atoms. The van der Waals surface area contributed by atoms with E-state index >= 15 is 0 Å². The average molecular weight is 409 g/mol. The normalized spacial score (nSPS) is 16.3. The van der Waals surface area contributed by atoms with E-state index in [1.54, 1.807) is 12.1 Å². The number of carboxylic acid groups (broad SMARTS) is 1. The van der Waals surface area contributed by atoms with Crippen LogP contribution in [0.25, 0.3) is 0 Å². The van der Waals surface area contributed by atoms with Gasteiger partial charge >= 0.3 is 5.97 Å². The summed E-state index contributed by atoms with van der Waals surface area (Å²) in [5, 5.41) is 9.13. The predicted molar refractivity (Wildman–Crippen MR) is 121 cm³/mol. The van der Waals surface area contributed by atoms with E-state index < -0.39 is 11.5 Å². The molecule has 30 heavy (non-hydrogen) atoms. The molecule has 1 saturated heterocycles. The molecule has 0 saturated carbocycles. The van der Waals surface area contributed by atoms with E-state index in [1.165, 1.54) is 24.9 Å². The second-order valence-electron chi connectivity index (χ2n) is 8.38. The number of rotatable bonds is 8. The Balaban J connectivity index is 1.84. The van der Waals surface area contributed by atoms with Crippen molar-refractivity contribution in [2.45, 2.75) is 44.6 Å². The lowest BCUT2D eigenvalue weighted by molar-refractivity contribution is 0.0663. The minimum absolute atomic E-state index is 0.0995. The van der Waals surface area contributed by atoms with E-state index in [-0.39, 0.29) is 11.3 Å². The number of carboxylic acids is 1. The minimum Gasteiger partial charge on any atom is -0.478 e. The van der Waals surface area contributed by atoms with Crippen molar-refractivity contribution in [3.63, 3.8) is 0 Å². The van der Waals surface area contributed by atoms with Gasteiger partial charge in [0.15, 0.2) is 5.78 Å². The van der Waals surface area contributed by atoms with Gasteiger partial charge in [0.2, 0.25) is 0 Å². The molecule has 2 aromatic carbocycles. The van der Waals surface area contributed by atoms with Crippen molar-refractivity contribution in [1.82, 2.24) is 4.90 Å². The van der Waals surface area contributed by atoms with Crippen LogP contribution in [0.15, 0.2) is 48.5 Å². The first-order chi connectivity index (χ1) is 14.4. The summed E-state index contributed by atoms with van der Waals surface area (Å²) in [5.74, 6) is -0.844. The van der Waals surface area contributed by atoms with Gasteiger partial charge in [0, 0.05) is 24.3 Å². The van der Waals surface area contributed by atoms with Crippen molar-refractivity contribution >= 4 is 17.4 Å². The van der Waals surface area contributed by atoms with Crippen LogP contribution in [-0.4, -0.2) is 54.5 Å². The number of hydrogen-bond donors (Lipinski definition) is 1. The maximum Gasteiger partial charge on any atom is 0.335 e. The van der Waals surface area contributed by atoms with E-state index in [1.807, 2.05) is 50.2 Å². The molecule has 5 heteroatoms. The molecule has 0 spiro atoms. The molecular weight excluding hydrogens is 376 g/mol. The van der Waals surface area contributed by atoms with Crippen molar-refractivity contribution in [2.75, 3.05) is 32.1 Å². The van der Waals surface area contributed by atoms with Crippen molar-refractivity contribution in [2.24, 2.45) is 0 Å². The highest BCUT2D eigenvalue weighted by Crippen LogP contribution is 2.29. The number of piperidine rings is 1. The van der Waals surface area contributed by atoms with Gasteiger partial charge in [0.1, 0.15) is 0 Å². The number of carbonyl (C=O) groups is 2. The molecule has 1 heterocycles. The molecule has 1 unspecified atom stereocenters. The molecule has 1 fully saturated rings. The molecule has 1 aliphatic heterocycles. The number of benzene rings is 2. The summed E-state index contributed by atoms with van der Waals surface area (Å²) in [5.41, 5.74) is 2.42. The third-order valence-electron chi connectivity index (χ3n) is 6.41. The van der Waals surface area contributed by atoms with Gasteiger partial charge in [-0.3, -0.25) is 9.69 Å². The Kier molecular flexibility index (Phi) is 6.93. The number of Topliss-reactive ketones (excluding diaryl/α,β-unsaturated/α-hetero) is 1. The van der Waals surface area contributed by atoms with Gasteiger partial charge in [-0.2, -0.15) is 0 Å². The number of carbonyl (C=O) groups excluding carboxylic acids is 1. The van der Waals surface area contributed by atoms with E-state index in [0.29, 0.717) is 18.4 Å². The van der Waals surface area contributed by atoms with Gasteiger partial charge in [-0.05, 0) is 88.2 Å². The van der Waals surface area contributed by atoms with Gasteiger partial charge in [0.05, 0.1) is 11.1 Å². The highest BCUT2D eigenvalue weighted by atomic mass is 16.4. The van der Waals surface area contributed by atoms with E-state index in [9.17, 15) is 9.59 Å². The third-order valence-corrected chi connectivity index (χ3v) is 6.41. The number of ketones is 1. The number of likely N-dealkylation sites (N-methyl/N-ethyl adjacent to an activating group) is 1. The Morgan fingerprint density at radius 2 is 1.50 bits per heavy atom. The fourth-order valence-electron chi connectivity index (χ4n) is 4.39. The van der Waals surface area contributed by atoms with Crippen LogP contribution in [0.3, 0.4) is 0 Å². The van der Waals surface area contributed by atoms with Crippen LogP contribution in [0.2, 0.25) is 0 Å². The van der Waals surface area contributed by atoms with E-state index in [4.69, 9.17) is 5.11 Å². The smallest absolute Gasteiger partial charge is 0.335 e. The number of nitrogens with zero attached hydrogens (tertiary/aromatic N) is 2. The van der Waals surface area contributed by atoms with Crippen LogP contribution in [0.1, 0.15) is 58.9 Å². The third kappa shape index (κ3) is 4.57. The highest BCUT2D eigenvalue weighted by Gasteiger charge is 2.39. The molecule has 0 amide bonds. The van der Waals surface area contributed by atoms with Crippen molar-refractivity contribution in [3.8, 4) is 0 Å². The summed E-state index contributed by atoms with van der Waals surface area (Å²) in [4.78, 5) is 29.2. The topological polar surface area (TPSA) is 60.9 Å². The SMILES string of the molecule is CCC(Cc1ccc(C(=O)O)cc1)(C(=O)c1ccc(N2CCCCC2)cc1)N(C)C. The van der Waals surface area contributed by atoms with E-state index in [2.05, 4.69) is 17.0 Å². The minimum atomic E-state index is -0.944. The van der Waals surface area contributed by atoms with Gasteiger partial charge in [-0.1, -0.05) is 19.1 Å². The Hall–Kier alpha value is -2.66. The fourth-order valence-corrected chi connectivity index (χ4v) is 4.39. The monoisotopic (exact) mass is 408 g/mol. The maximum absolute atomic E-state index is 13.7. The molecular formula is C25H32N2O3. The molecule has 1 atom stereocenters. The van der Waals surface area contributed by atoms with Crippen LogP contribution in [0.5, 0.6) is 0 Å². The largest absolute Gasteiger partial charge is 0.478 e. The molecule has 1 aliphatic rings. The zero-order chi connectivity index (χ0) is 21.7. The Morgan fingerprint density at radius 3 is 2.00 bits per heavy atom. The lowest BCUT2D eigenvalue weighted by atomic mass is 9.80. The van der Waals surface area contributed by atoms with Crippen LogP contribution in [-0.2, 0) is 6.42 Å². The Labute approximate surface area is 179 Å². The quantitative estimate of drug-likeness (QED) is 0.651. The molecule has 5 nitrogen and oxygen atoms in total. The van der Waals surface area contributed by atoms with Crippen LogP contribution >= 0.6 is 0 Å². The van der Waals surface area contributed by atoms with Crippen LogP contribution in [0.4, 0.5) is 5.69 Å². The summed E-state index contributed by atoms with van der Waals surface area (Å²) in [7, 11) is 3.88. The first kappa shape index (κ1) is 22.0. The molecule has 160 valence electrons. The summed E-state index contributed by atoms with van der Waals surface area (Å²) in [6.07, 6.45) is 4.93. The van der Waals surface area contributed by atoms with Crippen molar-refractivity contribution in [3.05, 3.63) is 65.2 Å². The van der Waals surface area contributed by atoms with Crippen molar-refractivity contribution < 1.29 is 14.7 Å². The number of aromatic carboxylic acids is 1. The highest BCUT2D eigenvalue weighted by molar-refractivity contribution is 6.03. The summed E-state index contributed by atoms with van der Waals surface area (Å²) >= 11 is 0. The molecule has 2 aromatic rings. The molecule has 0 radical (unpaired) electrons. The lowest BCUT2D eigenvalue weighted by Crippen LogP contribution is -2.52. The summed E-state index contributed by atoms with van der Waals surface area (Å²) in [6, 6.07) is 14.9. The molecule has 1 N–H and O–H groups in total. The van der Waals surface area contributed by atoms with Crippen LogP contribution in [0, 0.1) is 0 Å². The lowest BCUT2D eigenvalue weighted by Gasteiger charge is -2.38. The second-order valence-corrected chi connectivity index (χ2v) is 8.38. The van der Waals surface area contributed by atoms with Gasteiger partial charge in [-0.15, -0.1) is 0 Å². The summed E-state index contributed by atoms with van der Waals surface area (Å²) in [6.45, 7) is 4.19. The van der Waals surface area contributed by atoms with E-state index in [0.717, 1.165) is 18.7 Å². The second kappa shape index (κ2) is 9.43. The Bertz CT molecular complexity index is 868. The molecule has 3 rings (SSSR count). The zero-order valence-electron chi connectivity index (χ0n) is 18.2. The van der Waals surface area contributed by atoms with Gasteiger partial charge < -0.3 is 10.0 Å². The first-order valence-corrected chi connectivity index (χ1v) is 10.8. The zero-order valence-corrected chi connectivity index (χ0v) is 18.2. The number of hydrogen-bond acceptors (Lipinski definition) is 4. The molecule has 0 aliphatic carbocycles. The number of anilines is 1. The van der Waals surface area contributed by atoms with Crippen molar-refractivity contribution in [1.29, 1.82) is 0 Å². The first-order valence-electron chi connectivity index (χ1n) is 10.8. The average Bonchev–Trinajstić information content (AvgIpc) is 2.78. The van der Waals surface area contributed by atoms with Gasteiger partial charge in [0.25, 0.3) is 0 Å². The Morgan fingerprint density at radius 1 is 0.933 bits per heavy atom. The standard InChI is InChI=1S/C25H32N2O3/c1-4-25(26(2)3,18-19-8-10-21(11-9-19)24(29)30)23(28)20-12-14-22(15-13-20)27-16-6-5-7-17-27/h8-15H,4-7,16-18H2,1-3H3,(H,29,30). The summed E-state index contributed by atoms with van der Waals surface area (Å²) < 4.78 is 0.